The molecule has 0 saturated carbocycles. The van der Waals surface area contributed by atoms with E-state index in [0.717, 1.165) is 5.56 Å². The minimum atomic E-state index is -1.25. The van der Waals surface area contributed by atoms with Gasteiger partial charge >= 0.3 is 0 Å². The Hall–Kier alpha value is -3.56. The van der Waals surface area contributed by atoms with E-state index >= 15 is 0 Å². The van der Waals surface area contributed by atoms with E-state index in [2.05, 4.69) is 5.32 Å². The summed E-state index contributed by atoms with van der Waals surface area (Å²) in [5.74, 6) is -2.47. The zero-order chi connectivity index (χ0) is 25.1. The zero-order valence-corrected chi connectivity index (χ0v) is 19.2. The third kappa shape index (κ3) is 4.82. The number of carbonyl (C=O) groups excluding carboxylic acids is 3. The van der Waals surface area contributed by atoms with Crippen LogP contribution in [0.4, 0.5) is 4.39 Å². The molecule has 9 heteroatoms. The van der Waals surface area contributed by atoms with Gasteiger partial charge in [0.1, 0.15) is 23.8 Å². The number of hydrogen-bond donors (Lipinski definition) is 3. The van der Waals surface area contributed by atoms with Crippen LogP contribution in [0.15, 0.2) is 60.2 Å². The predicted molar refractivity (Wildman–Crippen MR) is 124 cm³/mol. The van der Waals surface area contributed by atoms with Crippen LogP contribution in [0.25, 0.3) is 0 Å². The van der Waals surface area contributed by atoms with E-state index in [1.807, 2.05) is 6.07 Å². The molecule has 0 fully saturated rings. The van der Waals surface area contributed by atoms with Crippen LogP contribution in [0.5, 0.6) is 5.75 Å². The fourth-order valence-corrected chi connectivity index (χ4v) is 4.60. The molecule has 2 aliphatic rings. The lowest BCUT2D eigenvalue weighted by atomic mass is 9.77. The Morgan fingerprint density at radius 2 is 1.83 bits per heavy atom. The maximum absolute atomic E-state index is 13.4. The number of nitrogens with zero attached hydrogens (tertiary/aromatic N) is 1. The number of fused-ring (bicyclic) bond motifs is 3. The largest absolute Gasteiger partial charge is 0.486 e. The molecule has 35 heavy (non-hydrogen) atoms. The van der Waals surface area contributed by atoms with Crippen molar-refractivity contribution in [3.63, 3.8) is 0 Å². The smallest absolute Gasteiger partial charge is 0.290 e. The number of hydrogen-bond acceptors (Lipinski definition) is 6. The van der Waals surface area contributed by atoms with Gasteiger partial charge in [-0.3, -0.25) is 14.4 Å². The molecule has 2 aromatic rings. The fraction of sp³-hybridized carbons (Fsp3) is 0.346. The van der Waals surface area contributed by atoms with Gasteiger partial charge in [0.2, 0.25) is 11.7 Å². The SMILES string of the molecule is CCC(=O)C(=O)N(Cc1ccc(F)cc1)C1C=C(C(=O)NCCO)C2c3ccccc3OC2C1O. The van der Waals surface area contributed by atoms with Crippen LogP contribution in [0.2, 0.25) is 0 Å². The number of carbonyl (C=O) groups is 3. The number of ketones is 1. The average molecular weight is 483 g/mol. The van der Waals surface area contributed by atoms with Crippen LogP contribution >= 0.6 is 0 Å². The van der Waals surface area contributed by atoms with Gasteiger partial charge in [0, 0.05) is 30.6 Å². The summed E-state index contributed by atoms with van der Waals surface area (Å²) in [7, 11) is 0. The Kier molecular flexibility index (Phi) is 7.28. The van der Waals surface area contributed by atoms with E-state index in [0.29, 0.717) is 11.3 Å². The fourth-order valence-electron chi connectivity index (χ4n) is 4.60. The summed E-state index contributed by atoms with van der Waals surface area (Å²) in [4.78, 5) is 39.9. The Morgan fingerprint density at radius 3 is 2.51 bits per heavy atom. The van der Waals surface area contributed by atoms with E-state index < -0.39 is 47.6 Å². The van der Waals surface area contributed by atoms with Crippen molar-refractivity contribution in [1.29, 1.82) is 0 Å². The van der Waals surface area contributed by atoms with Crippen molar-refractivity contribution in [3.05, 3.63) is 77.1 Å². The maximum Gasteiger partial charge on any atom is 0.290 e. The molecule has 1 heterocycles. The lowest BCUT2D eigenvalue weighted by Crippen LogP contribution is -2.56. The molecule has 184 valence electrons. The first-order chi connectivity index (χ1) is 16.8. The van der Waals surface area contributed by atoms with Crippen LogP contribution in [-0.2, 0) is 20.9 Å². The van der Waals surface area contributed by atoms with E-state index in [9.17, 15) is 23.9 Å². The van der Waals surface area contributed by atoms with Crippen LogP contribution in [0.1, 0.15) is 30.4 Å². The molecule has 0 aromatic heterocycles. The molecule has 4 rings (SSSR count). The number of ether oxygens (including phenoxy) is 1. The molecule has 0 saturated heterocycles. The minimum absolute atomic E-state index is 0.0236. The monoisotopic (exact) mass is 482 g/mol. The highest BCUT2D eigenvalue weighted by Crippen LogP contribution is 2.47. The second-order valence-electron chi connectivity index (χ2n) is 8.52. The van der Waals surface area contributed by atoms with Crippen LogP contribution in [-0.4, -0.2) is 64.1 Å². The minimum Gasteiger partial charge on any atom is -0.486 e. The molecular formula is C26H27FN2O6. The molecule has 1 aliphatic carbocycles. The average Bonchev–Trinajstić information content (AvgIpc) is 3.27. The molecule has 4 unspecified atom stereocenters. The third-order valence-electron chi connectivity index (χ3n) is 6.32. The van der Waals surface area contributed by atoms with Crippen molar-refractivity contribution >= 4 is 17.6 Å². The summed E-state index contributed by atoms with van der Waals surface area (Å²) < 4.78 is 19.5. The topological polar surface area (TPSA) is 116 Å². The van der Waals surface area contributed by atoms with Crippen LogP contribution in [0, 0.1) is 5.82 Å². The van der Waals surface area contributed by atoms with E-state index in [4.69, 9.17) is 9.84 Å². The molecule has 2 amide bonds. The molecular weight excluding hydrogens is 455 g/mol. The van der Waals surface area contributed by atoms with Gasteiger partial charge < -0.3 is 25.2 Å². The first kappa shape index (κ1) is 24.6. The lowest BCUT2D eigenvalue weighted by Gasteiger charge is -2.40. The summed E-state index contributed by atoms with van der Waals surface area (Å²) in [6, 6.07) is 11.5. The van der Waals surface area contributed by atoms with Gasteiger partial charge in [0.05, 0.1) is 18.6 Å². The highest BCUT2D eigenvalue weighted by molar-refractivity contribution is 6.36. The number of para-hydroxylation sites is 1. The molecule has 0 radical (unpaired) electrons. The number of benzene rings is 2. The van der Waals surface area contributed by atoms with Gasteiger partial charge in [0.15, 0.2) is 0 Å². The van der Waals surface area contributed by atoms with Crippen molar-refractivity contribution < 1.29 is 33.7 Å². The number of amides is 2. The molecule has 2 aromatic carbocycles. The van der Waals surface area contributed by atoms with Gasteiger partial charge in [-0.2, -0.15) is 0 Å². The normalized spacial score (nSPS) is 22.3. The molecule has 0 bridgehead atoms. The summed E-state index contributed by atoms with van der Waals surface area (Å²) >= 11 is 0. The van der Waals surface area contributed by atoms with E-state index in [1.54, 1.807) is 25.1 Å². The number of rotatable bonds is 8. The standard InChI is InChI=1S/C26H27FN2O6/c1-2-20(31)26(34)29(14-15-7-9-16(27)10-8-15)19-13-18(25(33)28-11-12-30)22-17-5-3-4-6-21(17)35-24(22)23(19)32/h3-10,13,19,22-24,30,32H,2,11-12,14H2,1H3,(H,28,33). The second-order valence-corrected chi connectivity index (χ2v) is 8.52. The molecule has 3 N–H and O–H groups in total. The van der Waals surface area contributed by atoms with Gasteiger partial charge in [0.25, 0.3) is 5.91 Å². The van der Waals surface area contributed by atoms with Crippen molar-refractivity contribution in [3.8, 4) is 5.75 Å². The Morgan fingerprint density at radius 1 is 1.11 bits per heavy atom. The Labute approximate surface area is 202 Å². The summed E-state index contributed by atoms with van der Waals surface area (Å²) in [6.45, 7) is 1.24. The number of nitrogens with one attached hydrogen (secondary N) is 1. The zero-order valence-electron chi connectivity index (χ0n) is 19.2. The van der Waals surface area contributed by atoms with Crippen LogP contribution < -0.4 is 10.1 Å². The van der Waals surface area contributed by atoms with E-state index in [-0.39, 0.29) is 31.7 Å². The molecule has 4 atom stereocenters. The van der Waals surface area contributed by atoms with Crippen molar-refractivity contribution in [2.24, 2.45) is 0 Å². The number of aliphatic hydroxyl groups is 2. The van der Waals surface area contributed by atoms with Gasteiger partial charge in [-0.1, -0.05) is 37.3 Å². The first-order valence-electron chi connectivity index (χ1n) is 11.5. The first-order valence-corrected chi connectivity index (χ1v) is 11.5. The van der Waals surface area contributed by atoms with Crippen molar-refractivity contribution in [1.82, 2.24) is 10.2 Å². The molecule has 8 nitrogen and oxygen atoms in total. The second kappa shape index (κ2) is 10.4. The highest BCUT2D eigenvalue weighted by atomic mass is 19.1. The van der Waals surface area contributed by atoms with Gasteiger partial charge in [-0.25, -0.2) is 4.39 Å². The van der Waals surface area contributed by atoms with Crippen molar-refractivity contribution in [2.45, 2.75) is 44.1 Å². The van der Waals surface area contributed by atoms with Crippen LogP contribution in [0.3, 0.4) is 0 Å². The Balaban J connectivity index is 1.77. The highest BCUT2D eigenvalue weighted by Gasteiger charge is 2.50. The molecule has 0 spiro atoms. The quantitative estimate of drug-likeness (QED) is 0.491. The third-order valence-corrected chi connectivity index (χ3v) is 6.32. The summed E-state index contributed by atoms with van der Waals surface area (Å²) in [5.41, 5.74) is 1.54. The summed E-state index contributed by atoms with van der Waals surface area (Å²) in [6.07, 6.45) is -0.675. The lowest BCUT2D eigenvalue weighted by molar-refractivity contribution is -0.148. The number of aliphatic hydroxyl groups excluding tert-OH is 2. The Bertz CT molecular complexity index is 1150. The van der Waals surface area contributed by atoms with E-state index in [1.165, 1.54) is 35.2 Å². The van der Waals surface area contributed by atoms with Gasteiger partial charge in [-0.05, 0) is 29.8 Å². The maximum atomic E-state index is 13.4. The van der Waals surface area contributed by atoms with Gasteiger partial charge in [-0.15, -0.1) is 0 Å². The number of Topliss-reactive ketones (excluding diaryl/α,β-unsaturated/α-hetero) is 1. The van der Waals surface area contributed by atoms with Crippen molar-refractivity contribution in [2.75, 3.05) is 13.2 Å². The summed E-state index contributed by atoms with van der Waals surface area (Å²) in [5, 5.41) is 23.2. The predicted octanol–water partition coefficient (Wildman–Crippen LogP) is 1.46. The molecule has 1 aliphatic heterocycles. The number of halogens is 1.